The Morgan fingerprint density at radius 3 is 1.67 bits per heavy atom. The molecule has 3 heterocycles. The van der Waals surface area contributed by atoms with Crippen molar-refractivity contribution in [1.82, 2.24) is 9.97 Å². The molecular formula is C59H36N2O2. The van der Waals surface area contributed by atoms with E-state index in [1.807, 2.05) is 42.5 Å². The first-order chi connectivity index (χ1) is 31.2. The maximum absolute atomic E-state index is 6.82. The van der Waals surface area contributed by atoms with E-state index in [0.717, 1.165) is 94.9 Å². The number of rotatable bonds is 5. The van der Waals surface area contributed by atoms with Crippen molar-refractivity contribution in [2.24, 2.45) is 0 Å². The quantitative estimate of drug-likeness (QED) is 0.174. The van der Waals surface area contributed by atoms with Crippen LogP contribution in [-0.2, 0) is 5.41 Å². The minimum atomic E-state index is -0.627. The summed E-state index contributed by atoms with van der Waals surface area (Å²) in [5.74, 6) is 2.41. The molecule has 1 aliphatic carbocycles. The van der Waals surface area contributed by atoms with Crippen LogP contribution < -0.4 is 4.74 Å². The van der Waals surface area contributed by atoms with Gasteiger partial charge in [-0.1, -0.05) is 170 Å². The van der Waals surface area contributed by atoms with Gasteiger partial charge in [-0.15, -0.1) is 0 Å². The summed E-state index contributed by atoms with van der Waals surface area (Å²) in [6.07, 6.45) is 0. The second-order valence-electron chi connectivity index (χ2n) is 16.4. The Balaban J connectivity index is 0.957. The van der Waals surface area contributed by atoms with Crippen LogP contribution >= 0.6 is 0 Å². The molecule has 1 atom stereocenters. The Hall–Kier alpha value is -8.34. The van der Waals surface area contributed by atoms with E-state index >= 15 is 0 Å². The molecule has 0 N–H and O–H groups in total. The predicted octanol–water partition coefficient (Wildman–Crippen LogP) is 15.2. The number of aromatic nitrogens is 2. The van der Waals surface area contributed by atoms with Gasteiger partial charge in [0.2, 0.25) is 0 Å². The monoisotopic (exact) mass is 804 g/mol. The second kappa shape index (κ2) is 13.8. The maximum Gasteiger partial charge on any atom is 0.160 e. The smallest absolute Gasteiger partial charge is 0.160 e. The number of ether oxygens (including phenoxy) is 1. The van der Waals surface area contributed by atoms with Crippen molar-refractivity contribution in [1.29, 1.82) is 0 Å². The Kier molecular flexibility index (Phi) is 7.79. The van der Waals surface area contributed by atoms with Crippen LogP contribution in [0.3, 0.4) is 0 Å². The SMILES string of the molecule is c1ccc(-c2cc(-c3ccccc3)nc(-c3cccc(-c4cccc(-c5ccc6c(c5)C5(c7ccccc7O6)c6ccccc6-c6c5ccc5oc7ccccc7c65)c4)c3)n2)cc1. The number of benzene rings is 9. The van der Waals surface area contributed by atoms with Gasteiger partial charge in [0.1, 0.15) is 22.7 Å². The molecule has 294 valence electrons. The standard InChI is InChI=1S/C59H36N2O2/c1-3-15-37(16-4-1)50-36-51(38-17-5-2-6-18-38)61-58(60-50)43-22-14-21-41(34-43)39-19-13-20-40(33-39)42-29-31-54-49(35-42)59(47-26-10-12-28-53(47)63-54)46-25-9-7-23-44(46)56-48(59)30-32-55-57(56)45-24-8-11-27-52(45)62-55/h1-36H. The van der Waals surface area contributed by atoms with Crippen LogP contribution in [0.15, 0.2) is 223 Å². The first-order valence-corrected chi connectivity index (χ1v) is 21.4. The van der Waals surface area contributed by atoms with Gasteiger partial charge in [0, 0.05) is 38.6 Å². The van der Waals surface area contributed by atoms with E-state index in [1.165, 1.54) is 22.3 Å². The van der Waals surface area contributed by atoms with Crippen LogP contribution in [0.5, 0.6) is 11.5 Å². The van der Waals surface area contributed by atoms with Gasteiger partial charge in [-0.25, -0.2) is 9.97 Å². The van der Waals surface area contributed by atoms with Crippen molar-refractivity contribution in [2.75, 3.05) is 0 Å². The summed E-state index contributed by atoms with van der Waals surface area (Å²) < 4.78 is 13.3. The molecule has 9 aromatic carbocycles. The number of hydrogen-bond donors (Lipinski definition) is 0. The second-order valence-corrected chi connectivity index (χ2v) is 16.4. The topological polar surface area (TPSA) is 48.2 Å². The number of furan rings is 1. The van der Waals surface area contributed by atoms with Gasteiger partial charge in [-0.2, -0.15) is 0 Å². The summed E-state index contributed by atoms with van der Waals surface area (Å²) >= 11 is 0. The van der Waals surface area contributed by atoms with E-state index in [9.17, 15) is 0 Å². The van der Waals surface area contributed by atoms with Crippen molar-refractivity contribution >= 4 is 21.9 Å². The molecular weight excluding hydrogens is 769 g/mol. The largest absolute Gasteiger partial charge is 0.457 e. The molecule has 1 aliphatic heterocycles. The van der Waals surface area contributed by atoms with Crippen molar-refractivity contribution in [3.63, 3.8) is 0 Å². The molecule has 0 amide bonds. The minimum absolute atomic E-state index is 0.627. The molecule has 11 aromatic rings. The number of fused-ring (bicyclic) bond motifs is 13. The third-order valence-corrected chi connectivity index (χ3v) is 13.0. The van der Waals surface area contributed by atoms with Crippen LogP contribution in [0, 0.1) is 0 Å². The normalized spacial score (nSPS) is 14.5. The highest BCUT2D eigenvalue weighted by Crippen LogP contribution is 2.64. The molecule has 1 unspecified atom stereocenters. The first kappa shape index (κ1) is 35.4. The fourth-order valence-electron chi connectivity index (χ4n) is 10.2. The summed E-state index contributed by atoms with van der Waals surface area (Å²) in [6, 6.07) is 77.1. The zero-order valence-electron chi connectivity index (χ0n) is 34.0. The molecule has 0 fully saturated rings. The Morgan fingerprint density at radius 2 is 0.921 bits per heavy atom. The van der Waals surface area contributed by atoms with E-state index < -0.39 is 5.41 Å². The summed E-state index contributed by atoms with van der Waals surface area (Å²) in [6.45, 7) is 0. The zero-order chi connectivity index (χ0) is 41.5. The van der Waals surface area contributed by atoms with Gasteiger partial charge >= 0.3 is 0 Å². The third kappa shape index (κ3) is 5.41. The molecule has 1 spiro atoms. The van der Waals surface area contributed by atoms with E-state index in [-0.39, 0.29) is 0 Å². The number of nitrogens with zero attached hydrogens (tertiary/aromatic N) is 2. The molecule has 0 bridgehead atoms. The van der Waals surface area contributed by atoms with Crippen molar-refractivity contribution in [2.45, 2.75) is 5.41 Å². The van der Waals surface area contributed by atoms with E-state index in [1.54, 1.807) is 0 Å². The van der Waals surface area contributed by atoms with E-state index in [0.29, 0.717) is 5.82 Å². The summed E-state index contributed by atoms with van der Waals surface area (Å²) in [5.41, 5.74) is 17.6. The summed E-state index contributed by atoms with van der Waals surface area (Å²) in [4.78, 5) is 10.2. The molecule has 2 aromatic heterocycles. The van der Waals surface area contributed by atoms with Crippen LogP contribution in [0.4, 0.5) is 0 Å². The Morgan fingerprint density at radius 1 is 0.349 bits per heavy atom. The first-order valence-electron chi connectivity index (χ1n) is 21.4. The summed E-state index contributed by atoms with van der Waals surface area (Å²) in [5, 5.41) is 2.27. The molecule has 4 heteroatoms. The Labute approximate surface area is 364 Å². The lowest BCUT2D eigenvalue weighted by atomic mass is 9.65. The molecule has 0 saturated heterocycles. The number of hydrogen-bond acceptors (Lipinski definition) is 4. The van der Waals surface area contributed by atoms with Crippen LogP contribution in [0.1, 0.15) is 22.3 Å². The lowest BCUT2D eigenvalue weighted by Crippen LogP contribution is -2.32. The van der Waals surface area contributed by atoms with Gasteiger partial charge in [-0.3, -0.25) is 0 Å². The van der Waals surface area contributed by atoms with Gasteiger partial charge < -0.3 is 9.15 Å². The Bertz CT molecular complexity index is 3550. The highest BCUT2D eigenvalue weighted by molar-refractivity contribution is 6.15. The van der Waals surface area contributed by atoms with Crippen molar-refractivity contribution in [3.8, 4) is 78.8 Å². The van der Waals surface area contributed by atoms with Crippen LogP contribution in [0.2, 0.25) is 0 Å². The van der Waals surface area contributed by atoms with Crippen molar-refractivity contribution in [3.05, 3.63) is 241 Å². The van der Waals surface area contributed by atoms with Crippen LogP contribution in [-0.4, -0.2) is 9.97 Å². The zero-order valence-corrected chi connectivity index (χ0v) is 34.0. The molecule has 63 heavy (non-hydrogen) atoms. The molecule has 0 saturated carbocycles. The molecule has 2 aliphatic rings. The fraction of sp³-hybridized carbons (Fsp3) is 0.0169. The predicted molar refractivity (Wildman–Crippen MR) is 254 cm³/mol. The molecule has 0 radical (unpaired) electrons. The van der Waals surface area contributed by atoms with Gasteiger partial charge in [-0.05, 0) is 93.0 Å². The minimum Gasteiger partial charge on any atom is -0.457 e. The van der Waals surface area contributed by atoms with E-state index in [2.05, 4.69) is 176 Å². The summed E-state index contributed by atoms with van der Waals surface area (Å²) in [7, 11) is 0. The van der Waals surface area contributed by atoms with Gasteiger partial charge in [0.05, 0.1) is 16.8 Å². The lowest BCUT2D eigenvalue weighted by molar-refractivity contribution is 0.436. The lowest BCUT2D eigenvalue weighted by Gasteiger charge is -2.39. The van der Waals surface area contributed by atoms with Gasteiger partial charge in [0.15, 0.2) is 5.82 Å². The van der Waals surface area contributed by atoms with Gasteiger partial charge in [0.25, 0.3) is 0 Å². The average Bonchev–Trinajstić information content (AvgIpc) is 3.88. The highest BCUT2D eigenvalue weighted by Gasteiger charge is 2.52. The number of para-hydroxylation sites is 2. The van der Waals surface area contributed by atoms with E-state index in [4.69, 9.17) is 19.1 Å². The molecule has 13 rings (SSSR count). The highest BCUT2D eigenvalue weighted by atomic mass is 16.5. The third-order valence-electron chi connectivity index (χ3n) is 13.0. The molecule has 4 nitrogen and oxygen atoms in total. The average molecular weight is 805 g/mol. The fourth-order valence-corrected chi connectivity index (χ4v) is 10.2. The van der Waals surface area contributed by atoms with Crippen molar-refractivity contribution < 1.29 is 9.15 Å². The van der Waals surface area contributed by atoms with Crippen LogP contribution in [0.25, 0.3) is 89.2 Å². The maximum atomic E-state index is 6.82.